The first kappa shape index (κ1) is 26.6. The number of halogens is 2. The quantitative estimate of drug-likeness (QED) is 0.247. The van der Waals surface area contributed by atoms with E-state index in [1.807, 2.05) is 11.5 Å². The van der Waals surface area contributed by atoms with Gasteiger partial charge in [-0.3, -0.25) is 20.5 Å². The summed E-state index contributed by atoms with van der Waals surface area (Å²) in [4.78, 5) is 33.8. The number of aryl methyl sites for hydroxylation is 1. The summed E-state index contributed by atoms with van der Waals surface area (Å²) < 4.78 is 20.2. The van der Waals surface area contributed by atoms with E-state index in [0.717, 1.165) is 11.6 Å². The predicted octanol–water partition coefficient (Wildman–Crippen LogP) is 4.57. The van der Waals surface area contributed by atoms with E-state index in [0.29, 0.717) is 42.5 Å². The number of alkyl carbamates (subject to hydrolysis) is 1. The summed E-state index contributed by atoms with van der Waals surface area (Å²) >= 11 is 6.12. The van der Waals surface area contributed by atoms with Crippen LogP contribution in [0, 0.1) is 5.82 Å². The Labute approximate surface area is 219 Å². The molecule has 1 heterocycles. The Morgan fingerprint density at radius 2 is 2.05 bits per heavy atom. The van der Waals surface area contributed by atoms with Crippen LogP contribution < -0.4 is 16.1 Å². The van der Waals surface area contributed by atoms with Gasteiger partial charge in [0.2, 0.25) is 5.91 Å². The van der Waals surface area contributed by atoms with Crippen LogP contribution in [0.15, 0.2) is 42.2 Å². The smallest absolute Gasteiger partial charge is 0.408 e. The van der Waals surface area contributed by atoms with Crippen molar-refractivity contribution in [1.82, 2.24) is 21.1 Å². The monoisotopic (exact) mass is 529 g/mol. The molecule has 0 radical (unpaired) electrons. The van der Waals surface area contributed by atoms with Gasteiger partial charge in [0.05, 0.1) is 17.3 Å². The standard InChI is InChI=1S/C26H29ClFN5O4/c1-5-29-22(33-36)20-17(11-16(27)12-18(20)28)15-10-14-6-7-19(21(14)30-13-15)31-23(34)26(8-9-26)32-24(35)37-25(2,3)4/h5,10-13,19,36H,1,6-9H2,2-4H3,(H,29,33)(H,31,34)(H,32,35). The number of carbonyl (C=O) groups is 2. The molecule has 2 aliphatic carbocycles. The van der Waals surface area contributed by atoms with Gasteiger partial charge in [-0.05, 0) is 75.8 Å². The highest BCUT2D eigenvalue weighted by Gasteiger charge is 2.52. The molecule has 4 rings (SSSR count). The summed E-state index contributed by atoms with van der Waals surface area (Å²) in [5.74, 6) is -1.08. The van der Waals surface area contributed by atoms with Crippen LogP contribution in [0.4, 0.5) is 9.18 Å². The van der Waals surface area contributed by atoms with Crippen molar-refractivity contribution in [2.75, 3.05) is 0 Å². The van der Waals surface area contributed by atoms with Crippen LogP contribution in [0.3, 0.4) is 0 Å². The van der Waals surface area contributed by atoms with Crippen molar-refractivity contribution in [2.45, 2.75) is 63.6 Å². The van der Waals surface area contributed by atoms with Crippen LogP contribution in [0.5, 0.6) is 0 Å². The Morgan fingerprint density at radius 3 is 2.68 bits per heavy atom. The van der Waals surface area contributed by atoms with Crippen molar-refractivity contribution >= 4 is 29.4 Å². The van der Waals surface area contributed by atoms with Gasteiger partial charge >= 0.3 is 6.09 Å². The minimum Gasteiger partial charge on any atom is -0.444 e. The number of rotatable bonds is 6. The Bertz CT molecular complexity index is 1290. The Balaban J connectivity index is 1.56. The zero-order valence-electron chi connectivity index (χ0n) is 20.8. The number of amidine groups is 1. The van der Waals surface area contributed by atoms with Crippen LogP contribution in [0.2, 0.25) is 5.02 Å². The lowest BCUT2D eigenvalue weighted by Gasteiger charge is -2.24. The van der Waals surface area contributed by atoms with Gasteiger partial charge in [-0.25, -0.2) is 14.2 Å². The molecule has 1 fully saturated rings. The van der Waals surface area contributed by atoms with E-state index in [1.54, 1.807) is 33.0 Å². The number of benzene rings is 1. The maximum Gasteiger partial charge on any atom is 0.408 e. The Kier molecular flexibility index (Phi) is 7.25. The van der Waals surface area contributed by atoms with Gasteiger partial charge in [0, 0.05) is 23.0 Å². The van der Waals surface area contributed by atoms with Gasteiger partial charge < -0.3 is 15.4 Å². The largest absolute Gasteiger partial charge is 0.444 e. The van der Waals surface area contributed by atoms with Crippen LogP contribution in [0.25, 0.3) is 11.1 Å². The lowest BCUT2D eigenvalue weighted by atomic mass is 9.98. The molecule has 37 heavy (non-hydrogen) atoms. The third kappa shape index (κ3) is 5.75. The number of pyridine rings is 1. The molecule has 2 aliphatic rings. The topological polar surface area (TPSA) is 125 Å². The fraction of sp³-hybridized carbons (Fsp3) is 0.385. The van der Waals surface area contributed by atoms with Gasteiger partial charge in [-0.1, -0.05) is 18.2 Å². The number of fused-ring (bicyclic) bond motifs is 1. The lowest BCUT2D eigenvalue weighted by molar-refractivity contribution is -0.125. The number of nitrogens with one attached hydrogen (secondary N) is 3. The summed E-state index contributed by atoms with van der Waals surface area (Å²) in [6.45, 7) is 8.77. The molecule has 2 aromatic rings. The molecular formula is C26H29ClFN5O4. The Hall–Kier alpha value is -3.50. The van der Waals surface area contributed by atoms with Crippen LogP contribution >= 0.6 is 11.6 Å². The molecule has 1 saturated carbocycles. The van der Waals surface area contributed by atoms with Crippen molar-refractivity contribution in [2.24, 2.45) is 4.99 Å². The predicted molar refractivity (Wildman–Crippen MR) is 137 cm³/mol. The molecule has 11 heteroatoms. The van der Waals surface area contributed by atoms with E-state index in [2.05, 4.69) is 27.2 Å². The van der Waals surface area contributed by atoms with E-state index in [9.17, 15) is 19.2 Å². The number of aliphatic imine (C=N–C) groups is 1. The number of carbonyl (C=O) groups excluding carboxylic acids is 2. The maximum atomic E-state index is 14.9. The third-order valence-electron chi connectivity index (χ3n) is 6.19. The summed E-state index contributed by atoms with van der Waals surface area (Å²) in [6.07, 6.45) is 4.43. The van der Waals surface area contributed by atoms with E-state index < -0.39 is 23.1 Å². The third-order valence-corrected chi connectivity index (χ3v) is 6.41. The normalized spacial score (nSPS) is 18.0. The molecule has 1 aromatic heterocycles. The fourth-order valence-corrected chi connectivity index (χ4v) is 4.58. The van der Waals surface area contributed by atoms with Gasteiger partial charge in [0.15, 0.2) is 5.84 Å². The van der Waals surface area contributed by atoms with E-state index >= 15 is 0 Å². The molecule has 2 amide bonds. The Morgan fingerprint density at radius 1 is 1.32 bits per heavy atom. The van der Waals surface area contributed by atoms with Crippen molar-refractivity contribution < 1.29 is 23.9 Å². The van der Waals surface area contributed by atoms with Crippen LogP contribution in [0.1, 0.15) is 62.9 Å². The second-order valence-electron chi connectivity index (χ2n) is 10.1. The van der Waals surface area contributed by atoms with E-state index in [4.69, 9.17) is 16.3 Å². The number of aromatic nitrogens is 1. The second kappa shape index (κ2) is 10.1. The molecule has 9 nitrogen and oxygen atoms in total. The van der Waals surface area contributed by atoms with Crippen LogP contribution in [-0.2, 0) is 16.0 Å². The molecule has 0 bridgehead atoms. The fourth-order valence-electron chi connectivity index (χ4n) is 4.37. The number of hydroxylamine groups is 1. The number of hydrogen-bond acceptors (Lipinski definition) is 6. The molecule has 1 aromatic carbocycles. The van der Waals surface area contributed by atoms with Crippen molar-refractivity contribution in [3.63, 3.8) is 0 Å². The summed E-state index contributed by atoms with van der Waals surface area (Å²) in [5, 5.41) is 15.4. The molecular weight excluding hydrogens is 501 g/mol. The lowest BCUT2D eigenvalue weighted by Crippen LogP contribution is -2.50. The molecule has 0 aliphatic heterocycles. The van der Waals surface area contributed by atoms with E-state index in [1.165, 1.54) is 6.20 Å². The molecule has 1 unspecified atom stereocenters. The molecule has 4 N–H and O–H groups in total. The molecule has 0 saturated heterocycles. The first-order valence-electron chi connectivity index (χ1n) is 11.9. The second-order valence-corrected chi connectivity index (χ2v) is 10.6. The zero-order chi connectivity index (χ0) is 27.0. The first-order chi connectivity index (χ1) is 17.5. The molecule has 0 spiro atoms. The maximum absolute atomic E-state index is 14.9. The van der Waals surface area contributed by atoms with Crippen LogP contribution in [-0.4, -0.2) is 39.2 Å². The van der Waals surface area contributed by atoms with Crippen molar-refractivity contribution in [1.29, 1.82) is 0 Å². The minimum absolute atomic E-state index is 0.0142. The number of nitrogens with zero attached hydrogens (tertiary/aromatic N) is 2. The first-order valence-corrected chi connectivity index (χ1v) is 12.2. The van der Waals surface area contributed by atoms with Crippen molar-refractivity contribution in [3.05, 3.63) is 64.8 Å². The minimum atomic E-state index is -0.976. The molecule has 1 atom stereocenters. The van der Waals surface area contributed by atoms with E-state index in [-0.39, 0.29) is 28.4 Å². The highest BCUT2D eigenvalue weighted by Crippen LogP contribution is 2.39. The number of ether oxygens (including phenoxy) is 1. The zero-order valence-corrected chi connectivity index (χ0v) is 21.6. The van der Waals surface area contributed by atoms with Crippen molar-refractivity contribution in [3.8, 4) is 11.1 Å². The SMILES string of the molecule is C=CN=C(NO)c1c(F)cc(Cl)cc1-c1cnc2c(c1)CCC2NC(=O)C1(NC(=O)OC(C)(C)C)CC1. The highest BCUT2D eigenvalue weighted by molar-refractivity contribution is 6.31. The highest BCUT2D eigenvalue weighted by atomic mass is 35.5. The van der Waals surface area contributed by atoms with Gasteiger partial charge in [0.1, 0.15) is 17.0 Å². The average molecular weight is 530 g/mol. The average Bonchev–Trinajstić information content (AvgIpc) is 3.48. The summed E-state index contributed by atoms with van der Waals surface area (Å²) in [5.41, 5.74) is 2.82. The number of hydrogen-bond donors (Lipinski definition) is 4. The molecule has 196 valence electrons. The van der Waals surface area contributed by atoms with Gasteiger partial charge in [-0.15, -0.1) is 0 Å². The summed E-state index contributed by atoms with van der Waals surface area (Å²) in [6, 6.07) is 4.22. The van der Waals surface area contributed by atoms with Gasteiger partial charge in [-0.2, -0.15) is 0 Å². The number of amides is 2. The van der Waals surface area contributed by atoms with Gasteiger partial charge in [0.25, 0.3) is 0 Å². The summed E-state index contributed by atoms with van der Waals surface area (Å²) in [7, 11) is 0.